The molecule has 0 radical (unpaired) electrons. The molecule has 2 N–H and O–H groups in total. The topological polar surface area (TPSA) is 88.4 Å². The minimum Gasteiger partial charge on any atom is -0.346 e. The van der Waals surface area contributed by atoms with Gasteiger partial charge in [0.2, 0.25) is 5.82 Å². The van der Waals surface area contributed by atoms with Crippen LogP contribution < -0.4 is 10.6 Å². The Hall–Kier alpha value is -3.22. The first-order chi connectivity index (χ1) is 12.3. The molecule has 0 saturated carbocycles. The Bertz CT molecular complexity index is 941. The third-order valence-electron chi connectivity index (χ3n) is 3.61. The predicted molar refractivity (Wildman–Crippen MR) is 97.8 cm³/mol. The summed E-state index contributed by atoms with van der Waals surface area (Å²) in [5.74, 6) is -0.521. The highest BCUT2D eigenvalue weighted by Gasteiger charge is 2.24. The van der Waals surface area contributed by atoms with Crippen LogP contribution in [0.5, 0.6) is 0 Å². The number of aromatic nitrogens is 3. The van der Waals surface area contributed by atoms with E-state index in [1.807, 2.05) is 39.0 Å². The number of imidazole rings is 1. The maximum Gasteiger partial charge on any atom is 0.288 e. The smallest absolute Gasteiger partial charge is 0.288 e. The lowest BCUT2D eigenvalue weighted by atomic mass is 10.1. The molecule has 3 heterocycles. The minimum absolute atomic E-state index is 0.163. The molecule has 7 nitrogen and oxygen atoms in total. The zero-order valence-corrected chi connectivity index (χ0v) is 15.0. The summed E-state index contributed by atoms with van der Waals surface area (Å²) < 4.78 is 1.62. The Kier molecular flexibility index (Phi) is 4.71. The third-order valence-corrected chi connectivity index (χ3v) is 3.61. The van der Waals surface area contributed by atoms with Crippen molar-refractivity contribution in [2.24, 2.45) is 0 Å². The maximum absolute atomic E-state index is 12.6. The molecule has 0 aliphatic carbocycles. The average molecular weight is 351 g/mol. The van der Waals surface area contributed by atoms with Gasteiger partial charge in [0.05, 0.1) is 17.8 Å². The van der Waals surface area contributed by atoms with Crippen molar-refractivity contribution < 1.29 is 9.59 Å². The van der Waals surface area contributed by atoms with E-state index in [0.717, 1.165) is 5.69 Å². The number of fused-ring (bicyclic) bond motifs is 1. The predicted octanol–water partition coefficient (Wildman–Crippen LogP) is 2.19. The van der Waals surface area contributed by atoms with Gasteiger partial charge in [-0.05, 0) is 45.0 Å². The van der Waals surface area contributed by atoms with E-state index in [2.05, 4.69) is 20.6 Å². The van der Waals surface area contributed by atoms with Crippen molar-refractivity contribution in [1.29, 1.82) is 0 Å². The van der Waals surface area contributed by atoms with Crippen LogP contribution in [0.2, 0.25) is 0 Å². The van der Waals surface area contributed by atoms with E-state index in [4.69, 9.17) is 0 Å². The van der Waals surface area contributed by atoms with Gasteiger partial charge in [0.15, 0.2) is 5.69 Å². The number of carbonyl (C=O) groups is 2. The van der Waals surface area contributed by atoms with E-state index in [0.29, 0.717) is 5.52 Å². The third kappa shape index (κ3) is 3.88. The van der Waals surface area contributed by atoms with Gasteiger partial charge in [0.25, 0.3) is 11.8 Å². The van der Waals surface area contributed by atoms with Crippen molar-refractivity contribution in [3.05, 3.63) is 66.0 Å². The van der Waals surface area contributed by atoms with Crippen molar-refractivity contribution in [2.45, 2.75) is 32.9 Å². The molecule has 3 aromatic heterocycles. The molecular weight excluding hydrogens is 330 g/mol. The minimum atomic E-state index is -0.400. The van der Waals surface area contributed by atoms with E-state index in [1.165, 1.54) is 0 Å². The number of nitrogens with one attached hydrogen (secondary N) is 2. The van der Waals surface area contributed by atoms with Crippen LogP contribution >= 0.6 is 0 Å². The second kappa shape index (κ2) is 6.95. The maximum atomic E-state index is 12.6. The van der Waals surface area contributed by atoms with Crippen LogP contribution in [-0.2, 0) is 6.54 Å². The van der Waals surface area contributed by atoms with Crippen LogP contribution in [0, 0.1) is 0 Å². The van der Waals surface area contributed by atoms with Gasteiger partial charge in [0, 0.05) is 17.9 Å². The number of hydrogen-bond acceptors (Lipinski definition) is 4. The van der Waals surface area contributed by atoms with Gasteiger partial charge in [-0.25, -0.2) is 4.98 Å². The fourth-order valence-corrected chi connectivity index (χ4v) is 2.52. The number of nitrogens with zero attached hydrogens (tertiary/aromatic N) is 3. The van der Waals surface area contributed by atoms with E-state index >= 15 is 0 Å². The highest BCUT2D eigenvalue weighted by atomic mass is 16.2. The van der Waals surface area contributed by atoms with Gasteiger partial charge < -0.3 is 10.6 Å². The van der Waals surface area contributed by atoms with Crippen LogP contribution in [-0.4, -0.2) is 31.7 Å². The van der Waals surface area contributed by atoms with Crippen LogP contribution in [0.3, 0.4) is 0 Å². The highest BCUT2D eigenvalue weighted by molar-refractivity contribution is 6.02. The summed E-state index contributed by atoms with van der Waals surface area (Å²) in [5, 5.41) is 5.67. The Morgan fingerprint density at radius 3 is 2.54 bits per heavy atom. The van der Waals surface area contributed by atoms with Gasteiger partial charge in [-0.15, -0.1) is 0 Å². The molecule has 0 aromatic carbocycles. The highest BCUT2D eigenvalue weighted by Crippen LogP contribution is 2.14. The average Bonchev–Trinajstić information content (AvgIpc) is 2.99. The molecule has 3 rings (SSSR count). The van der Waals surface area contributed by atoms with Crippen LogP contribution in [0.15, 0.2) is 48.8 Å². The van der Waals surface area contributed by atoms with E-state index in [1.54, 1.807) is 35.0 Å². The fourth-order valence-electron chi connectivity index (χ4n) is 2.52. The van der Waals surface area contributed by atoms with Crippen molar-refractivity contribution in [2.75, 3.05) is 0 Å². The Morgan fingerprint density at radius 2 is 1.85 bits per heavy atom. The van der Waals surface area contributed by atoms with E-state index < -0.39 is 5.54 Å². The molecule has 0 unspecified atom stereocenters. The quantitative estimate of drug-likeness (QED) is 0.754. The standard InChI is InChI=1S/C19H21N5O2/c1-19(2,3)23-17(25)15-14-9-5-7-11-24(14)16(22-15)18(26)21-12-13-8-4-6-10-20-13/h4-11H,12H2,1-3H3,(H,21,26)(H,23,25). The molecule has 0 saturated heterocycles. The second-order valence-electron chi connectivity index (χ2n) is 6.95. The molecule has 0 fully saturated rings. The van der Waals surface area contributed by atoms with Gasteiger partial charge >= 0.3 is 0 Å². The molecule has 7 heteroatoms. The first kappa shape index (κ1) is 17.6. The molecule has 0 atom stereocenters. The lowest BCUT2D eigenvalue weighted by Gasteiger charge is -2.19. The number of pyridine rings is 2. The number of carbonyl (C=O) groups excluding carboxylic acids is 2. The summed E-state index contributed by atoms with van der Waals surface area (Å²) in [5.41, 5.74) is 1.15. The van der Waals surface area contributed by atoms with E-state index in [-0.39, 0.29) is 29.9 Å². The molecule has 0 spiro atoms. The summed E-state index contributed by atoms with van der Waals surface area (Å²) in [6, 6.07) is 10.9. The van der Waals surface area contributed by atoms with Crippen molar-refractivity contribution >= 4 is 17.3 Å². The Morgan fingerprint density at radius 1 is 1.08 bits per heavy atom. The SMILES string of the molecule is CC(C)(C)NC(=O)c1nc(C(=O)NCc2ccccn2)n2ccccc12. The zero-order valence-electron chi connectivity index (χ0n) is 15.0. The molecule has 134 valence electrons. The molecule has 0 bridgehead atoms. The summed E-state index contributed by atoms with van der Waals surface area (Å²) in [4.78, 5) is 33.6. The molecule has 26 heavy (non-hydrogen) atoms. The molecule has 3 aromatic rings. The molecule has 0 aliphatic rings. The summed E-state index contributed by atoms with van der Waals surface area (Å²) >= 11 is 0. The summed E-state index contributed by atoms with van der Waals surface area (Å²) in [7, 11) is 0. The summed E-state index contributed by atoms with van der Waals surface area (Å²) in [6.07, 6.45) is 3.38. The monoisotopic (exact) mass is 351 g/mol. The van der Waals surface area contributed by atoms with Gasteiger partial charge in [-0.1, -0.05) is 12.1 Å². The van der Waals surface area contributed by atoms with Crippen LogP contribution in [0.1, 0.15) is 47.6 Å². The molecule has 2 amide bonds. The van der Waals surface area contributed by atoms with Crippen molar-refractivity contribution in [3.8, 4) is 0 Å². The van der Waals surface area contributed by atoms with E-state index in [9.17, 15) is 9.59 Å². The lowest BCUT2D eigenvalue weighted by molar-refractivity contribution is 0.0916. The first-order valence-electron chi connectivity index (χ1n) is 8.33. The van der Waals surface area contributed by atoms with Crippen molar-refractivity contribution in [1.82, 2.24) is 25.0 Å². The Balaban J connectivity index is 1.89. The fraction of sp³-hybridized carbons (Fsp3) is 0.263. The largest absolute Gasteiger partial charge is 0.346 e. The molecule has 0 aliphatic heterocycles. The summed E-state index contributed by atoms with van der Waals surface area (Å²) in [6.45, 7) is 5.96. The normalized spacial score (nSPS) is 11.3. The van der Waals surface area contributed by atoms with Gasteiger partial charge in [-0.2, -0.15) is 0 Å². The van der Waals surface area contributed by atoms with Gasteiger partial charge in [-0.3, -0.25) is 19.0 Å². The van der Waals surface area contributed by atoms with Gasteiger partial charge in [0.1, 0.15) is 0 Å². The number of rotatable bonds is 4. The van der Waals surface area contributed by atoms with Crippen molar-refractivity contribution in [3.63, 3.8) is 0 Å². The van der Waals surface area contributed by atoms with Crippen LogP contribution in [0.25, 0.3) is 5.52 Å². The first-order valence-corrected chi connectivity index (χ1v) is 8.33. The number of amides is 2. The Labute approximate surface area is 151 Å². The second-order valence-corrected chi connectivity index (χ2v) is 6.95. The zero-order chi connectivity index (χ0) is 18.7. The molecular formula is C19H21N5O2. The lowest BCUT2D eigenvalue weighted by Crippen LogP contribution is -2.40. The van der Waals surface area contributed by atoms with Crippen LogP contribution in [0.4, 0.5) is 0 Å². The number of hydrogen-bond donors (Lipinski definition) is 2.